The van der Waals surface area contributed by atoms with Gasteiger partial charge in [-0.3, -0.25) is 9.59 Å². The first-order chi connectivity index (χ1) is 6.56. The Hall–Kier alpha value is -1.58. The van der Waals surface area contributed by atoms with E-state index < -0.39 is 0 Å². The highest BCUT2D eigenvalue weighted by Crippen LogP contribution is 2.02. The number of rotatable bonds is 2. The van der Waals surface area contributed by atoms with Gasteiger partial charge in [-0.05, 0) is 32.4 Å². The molecule has 1 amide bonds. The summed E-state index contributed by atoms with van der Waals surface area (Å²) >= 11 is 0. The predicted octanol–water partition coefficient (Wildman–Crippen LogP) is 0.741. The molecule has 0 aliphatic carbocycles. The highest BCUT2D eigenvalue weighted by molar-refractivity contribution is 5.93. The minimum absolute atomic E-state index is 0.176. The predicted molar refractivity (Wildman–Crippen MR) is 54.5 cm³/mol. The fourth-order valence-electron chi connectivity index (χ4n) is 1.15. The molecule has 0 aliphatic rings. The Bertz CT molecular complexity index is 407. The maximum Gasteiger partial charge on any atom is 0.261 e. The Kier molecular flexibility index (Phi) is 3.06. The number of amides is 1. The second-order valence-corrected chi connectivity index (χ2v) is 3.18. The highest BCUT2D eigenvalue weighted by Gasteiger charge is 2.10. The molecule has 1 rings (SSSR count). The highest BCUT2D eigenvalue weighted by atomic mass is 16.2. The molecule has 0 bridgehead atoms. The average molecular weight is 194 g/mol. The van der Waals surface area contributed by atoms with Crippen molar-refractivity contribution in [2.24, 2.45) is 0 Å². The number of hydrogen-bond donors (Lipinski definition) is 2. The van der Waals surface area contributed by atoms with Crippen LogP contribution in [-0.4, -0.2) is 17.4 Å². The number of carbonyl (C=O) groups is 1. The van der Waals surface area contributed by atoms with Crippen molar-refractivity contribution < 1.29 is 4.79 Å². The summed E-state index contributed by atoms with van der Waals surface area (Å²) < 4.78 is 0. The Morgan fingerprint density at radius 1 is 1.50 bits per heavy atom. The number of carbonyl (C=O) groups excluding carboxylic acids is 1. The molecule has 14 heavy (non-hydrogen) atoms. The topological polar surface area (TPSA) is 62.0 Å². The summed E-state index contributed by atoms with van der Waals surface area (Å²) in [6, 6.07) is 1.61. The maximum atomic E-state index is 11.4. The van der Waals surface area contributed by atoms with Crippen molar-refractivity contribution in [3.8, 4) is 0 Å². The molecular formula is C10H14N2O2. The van der Waals surface area contributed by atoms with Crippen LogP contribution in [0.15, 0.2) is 10.9 Å². The number of aromatic amines is 1. The first kappa shape index (κ1) is 10.5. The molecule has 0 aromatic carbocycles. The van der Waals surface area contributed by atoms with Crippen LogP contribution in [0.4, 0.5) is 0 Å². The lowest BCUT2D eigenvalue weighted by Gasteiger charge is -2.04. The Balaban J connectivity index is 3.16. The van der Waals surface area contributed by atoms with Crippen LogP contribution in [0.25, 0.3) is 0 Å². The van der Waals surface area contributed by atoms with Gasteiger partial charge >= 0.3 is 0 Å². The molecule has 0 spiro atoms. The quantitative estimate of drug-likeness (QED) is 0.729. The SMILES string of the molecule is CCNC(=O)c1cc(C)c(C)[nH]c1=O. The summed E-state index contributed by atoms with van der Waals surface area (Å²) in [6.07, 6.45) is 0. The number of hydrogen-bond acceptors (Lipinski definition) is 2. The standard InChI is InChI=1S/C10H14N2O2/c1-4-11-9(13)8-5-6(2)7(3)12-10(8)14/h5H,4H2,1-3H3,(H,11,13)(H,12,14). The second-order valence-electron chi connectivity index (χ2n) is 3.18. The van der Waals surface area contributed by atoms with Crippen molar-refractivity contribution in [1.29, 1.82) is 0 Å². The van der Waals surface area contributed by atoms with E-state index in [2.05, 4.69) is 10.3 Å². The van der Waals surface area contributed by atoms with Gasteiger partial charge in [0, 0.05) is 12.2 Å². The third-order valence-corrected chi connectivity index (χ3v) is 2.08. The molecule has 76 valence electrons. The van der Waals surface area contributed by atoms with E-state index in [1.165, 1.54) is 0 Å². The van der Waals surface area contributed by atoms with E-state index in [0.717, 1.165) is 11.3 Å². The van der Waals surface area contributed by atoms with Crippen molar-refractivity contribution in [3.05, 3.63) is 33.2 Å². The summed E-state index contributed by atoms with van der Waals surface area (Å²) in [7, 11) is 0. The first-order valence-electron chi connectivity index (χ1n) is 4.55. The first-order valence-corrected chi connectivity index (χ1v) is 4.55. The van der Waals surface area contributed by atoms with Crippen LogP contribution < -0.4 is 10.9 Å². The van der Waals surface area contributed by atoms with Crippen LogP contribution in [0.2, 0.25) is 0 Å². The van der Waals surface area contributed by atoms with Crippen LogP contribution >= 0.6 is 0 Å². The van der Waals surface area contributed by atoms with Crippen molar-refractivity contribution >= 4 is 5.91 Å². The third-order valence-electron chi connectivity index (χ3n) is 2.08. The zero-order valence-electron chi connectivity index (χ0n) is 8.60. The number of H-pyrrole nitrogens is 1. The summed E-state index contributed by atoms with van der Waals surface area (Å²) in [5, 5.41) is 2.59. The van der Waals surface area contributed by atoms with Gasteiger partial charge in [-0.15, -0.1) is 0 Å². The molecule has 4 heteroatoms. The zero-order chi connectivity index (χ0) is 10.7. The van der Waals surface area contributed by atoms with Gasteiger partial charge in [0.1, 0.15) is 5.56 Å². The summed E-state index contributed by atoms with van der Waals surface area (Å²) in [5.74, 6) is -0.322. The van der Waals surface area contributed by atoms with Crippen LogP contribution in [0, 0.1) is 13.8 Å². The van der Waals surface area contributed by atoms with Crippen LogP contribution in [0.3, 0.4) is 0 Å². The van der Waals surface area contributed by atoms with E-state index in [9.17, 15) is 9.59 Å². The lowest BCUT2D eigenvalue weighted by atomic mass is 10.1. The smallest absolute Gasteiger partial charge is 0.261 e. The second kappa shape index (κ2) is 4.09. The number of aromatic nitrogens is 1. The molecule has 0 unspecified atom stereocenters. The van der Waals surface area contributed by atoms with E-state index in [1.807, 2.05) is 13.8 Å². The summed E-state index contributed by atoms with van der Waals surface area (Å²) in [4.78, 5) is 25.4. The van der Waals surface area contributed by atoms with Gasteiger partial charge in [-0.25, -0.2) is 0 Å². The molecule has 0 fully saturated rings. The fourth-order valence-corrected chi connectivity index (χ4v) is 1.15. The average Bonchev–Trinajstić information content (AvgIpc) is 2.11. The van der Waals surface area contributed by atoms with Crippen molar-refractivity contribution in [2.45, 2.75) is 20.8 Å². The largest absolute Gasteiger partial charge is 0.352 e. The Morgan fingerprint density at radius 2 is 2.14 bits per heavy atom. The van der Waals surface area contributed by atoms with Crippen molar-refractivity contribution in [2.75, 3.05) is 6.54 Å². The van der Waals surface area contributed by atoms with Gasteiger partial charge in [0.2, 0.25) is 0 Å². The number of nitrogens with one attached hydrogen (secondary N) is 2. The summed E-state index contributed by atoms with van der Waals surface area (Å²) in [5.41, 5.74) is 1.54. The Morgan fingerprint density at radius 3 is 2.71 bits per heavy atom. The van der Waals surface area contributed by atoms with Crippen LogP contribution in [0.1, 0.15) is 28.5 Å². The Labute approximate surface area is 82.3 Å². The van der Waals surface area contributed by atoms with E-state index in [1.54, 1.807) is 13.0 Å². The molecule has 2 N–H and O–H groups in total. The molecular weight excluding hydrogens is 180 g/mol. The van der Waals surface area contributed by atoms with Gasteiger partial charge in [0.15, 0.2) is 0 Å². The van der Waals surface area contributed by atoms with Gasteiger partial charge in [-0.1, -0.05) is 0 Å². The van der Waals surface area contributed by atoms with E-state index in [0.29, 0.717) is 6.54 Å². The van der Waals surface area contributed by atoms with Gasteiger partial charge in [0.05, 0.1) is 0 Å². The molecule has 0 aliphatic heterocycles. The third kappa shape index (κ3) is 2.02. The van der Waals surface area contributed by atoms with Crippen molar-refractivity contribution in [3.63, 3.8) is 0 Å². The van der Waals surface area contributed by atoms with E-state index >= 15 is 0 Å². The molecule has 0 atom stereocenters. The molecule has 1 heterocycles. The lowest BCUT2D eigenvalue weighted by Crippen LogP contribution is -2.29. The summed E-state index contributed by atoms with van der Waals surface area (Å²) in [6.45, 7) is 5.99. The molecule has 0 radical (unpaired) electrons. The maximum absolute atomic E-state index is 11.4. The van der Waals surface area contributed by atoms with Gasteiger partial charge < -0.3 is 10.3 Å². The van der Waals surface area contributed by atoms with Gasteiger partial charge in [-0.2, -0.15) is 0 Å². The molecule has 0 saturated carbocycles. The molecule has 4 nitrogen and oxygen atoms in total. The molecule has 1 aromatic heterocycles. The normalized spacial score (nSPS) is 9.93. The van der Waals surface area contributed by atoms with E-state index in [-0.39, 0.29) is 17.0 Å². The fraction of sp³-hybridized carbons (Fsp3) is 0.400. The molecule has 1 aromatic rings. The lowest BCUT2D eigenvalue weighted by molar-refractivity contribution is 0.0954. The van der Waals surface area contributed by atoms with Gasteiger partial charge in [0.25, 0.3) is 11.5 Å². The number of pyridine rings is 1. The zero-order valence-corrected chi connectivity index (χ0v) is 8.60. The van der Waals surface area contributed by atoms with Crippen molar-refractivity contribution in [1.82, 2.24) is 10.3 Å². The van der Waals surface area contributed by atoms with Crippen LogP contribution in [0.5, 0.6) is 0 Å². The van der Waals surface area contributed by atoms with E-state index in [4.69, 9.17) is 0 Å². The minimum atomic E-state index is -0.334. The molecule has 0 saturated heterocycles. The van der Waals surface area contributed by atoms with Crippen LogP contribution in [-0.2, 0) is 0 Å². The minimum Gasteiger partial charge on any atom is -0.352 e. The number of aryl methyl sites for hydroxylation is 2. The monoisotopic (exact) mass is 194 g/mol.